The summed E-state index contributed by atoms with van der Waals surface area (Å²) < 4.78 is 1.14. The fraction of sp³-hybridized carbons (Fsp3) is 0.300. The van der Waals surface area contributed by atoms with E-state index in [1.54, 1.807) is 32.0 Å². The lowest BCUT2D eigenvalue weighted by molar-refractivity contribution is 0.242. The third-order valence-electron chi connectivity index (χ3n) is 5.02. The van der Waals surface area contributed by atoms with E-state index in [1.165, 1.54) is 14.1 Å². The third kappa shape index (κ3) is 3.35. The van der Waals surface area contributed by atoms with Crippen molar-refractivity contribution < 1.29 is 9.59 Å². The standard InChI is InChI=1S/C20H20N8O2/c1-10-14(8-21)17(15(9-22)11(2)25-10)12-5-6-16-13(7-12)18(26-19(29)23-3)27-28(16)20(30)24-4/h5-7,14,17H,1-4H3,(H,24,30)(H2,23,26,27,29). The highest BCUT2D eigenvalue weighted by molar-refractivity contribution is 6.02. The molecule has 3 amide bonds. The Morgan fingerprint density at radius 2 is 1.90 bits per heavy atom. The molecule has 0 saturated heterocycles. The molecule has 3 N–H and O–H groups in total. The summed E-state index contributed by atoms with van der Waals surface area (Å²) in [6.45, 7) is 3.50. The number of carbonyl (C=O) groups excluding carboxylic acids is 2. The van der Waals surface area contributed by atoms with Crippen LogP contribution in [-0.2, 0) is 0 Å². The zero-order valence-corrected chi connectivity index (χ0v) is 16.9. The van der Waals surface area contributed by atoms with Crippen molar-refractivity contribution in [1.29, 1.82) is 10.5 Å². The lowest BCUT2D eigenvalue weighted by Crippen LogP contribution is -2.27. The maximum atomic E-state index is 12.2. The number of hydrogen-bond donors (Lipinski definition) is 3. The molecular weight excluding hydrogens is 384 g/mol. The molecule has 3 rings (SSSR count). The largest absolute Gasteiger partial charge is 0.342 e. The van der Waals surface area contributed by atoms with Gasteiger partial charge in [0, 0.05) is 31.1 Å². The van der Waals surface area contributed by atoms with E-state index in [0.717, 1.165) is 4.68 Å². The highest BCUT2D eigenvalue weighted by Crippen LogP contribution is 2.39. The summed E-state index contributed by atoms with van der Waals surface area (Å²) in [6.07, 6.45) is 0. The first-order valence-electron chi connectivity index (χ1n) is 9.15. The van der Waals surface area contributed by atoms with Gasteiger partial charge >= 0.3 is 12.1 Å². The first-order valence-corrected chi connectivity index (χ1v) is 9.15. The molecule has 1 aromatic heterocycles. The van der Waals surface area contributed by atoms with Crippen molar-refractivity contribution in [3.8, 4) is 12.1 Å². The minimum Gasteiger partial charge on any atom is -0.341 e. The predicted octanol–water partition coefficient (Wildman–Crippen LogP) is 2.47. The molecule has 152 valence electrons. The Bertz CT molecular complexity index is 1190. The van der Waals surface area contributed by atoms with Crippen LogP contribution in [0.25, 0.3) is 10.9 Å². The Morgan fingerprint density at radius 3 is 2.50 bits per heavy atom. The maximum Gasteiger partial charge on any atom is 0.342 e. The average Bonchev–Trinajstić information content (AvgIpc) is 3.10. The van der Waals surface area contributed by atoms with Crippen LogP contribution in [0.1, 0.15) is 25.3 Å². The molecule has 1 aliphatic heterocycles. The molecule has 0 aliphatic carbocycles. The van der Waals surface area contributed by atoms with Gasteiger partial charge in [-0.15, -0.1) is 5.10 Å². The number of rotatable bonds is 2. The number of allylic oxidation sites excluding steroid dienone is 2. The minimum atomic E-state index is -0.606. The summed E-state index contributed by atoms with van der Waals surface area (Å²) in [4.78, 5) is 28.4. The van der Waals surface area contributed by atoms with Crippen molar-refractivity contribution in [2.45, 2.75) is 19.8 Å². The Morgan fingerprint density at radius 1 is 1.17 bits per heavy atom. The monoisotopic (exact) mass is 404 g/mol. The molecule has 2 heterocycles. The Balaban J connectivity index is 2.23. The number of amides is 3. The van der Waals surface area contributed by atoms with Gasteiger partial charge in [-0.2, -0.15) is 15.2 Å². The minimum absolute atomic E-state index is 0.184. The summed E-state index contributed by atoms with van der Waals surface area (Å²) in [6, 6.07) is 8.64. The molecule has 0 bridgehead atoms. The normalized spacial score (nSPS) is 18.3. The molecule has 2 atom stereocenters. The lowest BCUT2D eigenvalue weighted by atomic mass is 9.76. The van der Waals surface area contributed by atoms with Crippen LogP contribution in [0.3, 0.4) is 0 Å². The van der Waals surface area contributed by atoms with Gasteiger partial charge in [-0.1, -0.05) is 6.07 Å². The van der Waals surface area contributed by atoms with E-state index in [1.807, 2.05) is 0 Å². The van der Waals surface area contributed by atoms with E-state index >= 15 is 0 Å². The van der Waals surface area contributed by atoms with Gasteiger partial charge in [0.05, 0.1) is 34.8 Å². The molecule has 0 radical (unpaired) electrons. The molecule has 0 spiro atoms. The lowest BCUT2D eigenvalue weighted by Gasteiger charge is -2.26. The number of nitrogens with one attached hydrogen (secondary N) is 3. The SMILES string of the molecule is CNC(=O)Nc1nn(C(=O)NC)c2ccc(C3C(C#N)=C(C)N=C(C)C3C#N)cc12. The zero-order valence-electron chi connectivity index (χ0n) is 16.9. The van der Waals surface area contributed by atoms with Gasteiger partial charge in [0.15, 0.2) is 5.82 Å². The molecule has 0 fully saturated rings. The highest BCUT2D eigenvalue weighted by atomic mass is 16.2. The van der Waals surface area contributed by atoms with Gasteiger partial charge in [0.1, 0.15) is 0 Å². The molecule has 1 aliphatic rings. The topological polar surface area (TPSA) is 148 Å². The smallest absolute Gasteiger partial charge is 0.341 e. The average molecular weight is 404 g/mol. The Hall–Kier alpha value is -4.18. The summed E-state index contributed by atoms with van der Waals surface area (Å²) in [5.74, 6) is -0.938. The summed E-state index contributed by atoms with van der Waals surface area (Å²) in [5.41, 5.74) is 2.76. The van der Waals surface area contributed by atoms with Gasteiger partial charge in [-0.05, 0) is 31.5 Å². The second kappa shape index (κ2) is 8.05. The van der Waals surface area contributed by atoms with Crippen LogP contribution >= 0.6 is 0 Å². The van der Waals surface area contributed by atoms with Crippen LogP contribution in [0.15, 0.2) is 34.5 Å². The predicted molar refractivity (Wildman–Crippen MR) is 111 cm³/mol. The first kappa shape index (κ1) is 20.6. The zero-order chi connectivity index (χ0) is 22.0. The van der Waals surface area contributed by atoms with Crippen molar-refractivity contribution in [3.05, 3.63) is 35.0 Å². The summed E-state index contributed by atoms with van der Waals surface area (Å²) in [5, 5.41) is 31.7. The molecule has 10 heteroatoms. The number of fused-ring (bicyclic) bond motifs is 1. The highest BCUT2D eigenvalue weighted by Gasteiger charge is 2.34. The Kier molecular flexibility index (Phi) is 5.52. The molecule has 2 aromatic rings. The molecule has 30 heavy (non-hydrogen) atoms. The van der Waals surface area contributed by atoms with Crippen LogP contribution in [-0.4, -0.2) is 41.6 Å². The van der Waals surface area contributed by atoms with Crippen molar-refractivity contribution in [3.63, 3.8) is 0 Å². The van der Waals surface area contributed by atoms with Crippen molar-refractivity contribution in [2.24, 2.45) is 10.9 Å². The van der Waals surface area contributed by atoms with Crippen LogP contribution in [0.5, 0.6) is 0 Å². The van der Waals surface area contributed by atoms with E-state index < -0.39 is 23.9 Å². The number of benzene rings is 1. The number of nitriles is 2. The fourth-order valence-electron chi connectivity index (χ4n) is 3.56. The van der Waals surface area contributed by atoms with Gasteiger partial charge in [0.25, 0.3) is 0 Å². The van der Waals surface area contributed by atoms with Crippen LogP contribution < -0.4 is 16.0 Å². The van der Waals surface area contributed by atoms with Crippen molar-refractivity contribution in [2.75, 3.05) is 19.4 Å². The first-order chi connectivity index (χ1) is 14.4. The van der Waals surface area contributed by atoms with E-state index in [4.69, 9.17) is 0 Å². The van der Waals surface area contributed by atoms with E-state index in [0.29, 0.717) is 33.4 Å². The van der Waals surface area contributed by atoms with Gasteiger partial charge < -0.3 is 10.6 Å². The van der Waals surface area contributed by atoms with E-state index in [9.17, 15) is 20.1 Å². The van der Waals surface area contributed by atoms with E-state index in [2.05, 4.69) is 38.2 Å². The molecule has 2 unspecified atom stereocenters. The van der Waals surface area contributed by atoms with Crippen LogP contribution in [0.4, 0.5) is 15.4 Å². The number of hydrogen-bond acceptors (Lipinski definition) is 6. The number of urea groups is 1. The number of carbonyl (C=O) groups is 2. The molecular formula is C20H20N8O2. The number of aliphatic imine (C=N–C) groups is 1. The molecule has 1 aromatic carbocycles. The maximum absolute atomic E-state index is 12.2. The molecule has 10 nitrogen and oxygen atoms in total. The third-order valence-corrected chi connectivity index (χ3v) is 5.02. The van der Waals surface area contributed by atoms with E-state index in [-0.39, 0.29) is 5.82 Å². The van der Waals surface area contributed by atoms with Crippen LogP contribution in [0, 0.1) is 28.6 Å². The number of nitrogens with zero attached hydrogens (tertiary/aromatic N) is 5. The second-order valence-electron chi connectivity index (χ2n) is 6.74. The quantitative estimate of drug-likeness (QED) is 0.703. The molecule has 0 saturated carbocycles. The second-order valence-corrected chi connectivity index (χ2v) is 6.74. The van der Waals surface area contributed by atoms with Crippen molar-refractivity contribution >= 4 is 34.5 Å². The van der Waals surface area contributed by atoms with Crippen LogP contribution in [0.2, 0.25) is 0 Å². The van der Waals surface area contributed by atoms with Gasteiger partial charge in [0.2, 0.25) is 0 Å². The summed E-state index contributed by atoms with van der Waals surface area (Å²) >= 11 is 0. The van der Waals surface area contributed by atoms with Gasteiger partial charge in [-0.3, -0.25) is 10.3 Å². The Labute approximate surface area is 172 Å². The summed E-state index contributed by atoms with van der Waals surface area (Å²) in [7, 11) is 2.94. The van der Waals surface area contributed by atoms with Crippen molar-refractivity contribution in [1.82, 2.24) is 20.4 Å². The number of aromatic nitrogens is 2. The van der Waals surface area contributed by atoms with Gasteiger partial charge in [-0.25, -0.2) is 9.59 Å². The fourth-order valence-corrected chi connectivity index (χ4v) is 3.56. The number of anilines is 1.